The van der Waals surface area contributed by atoms with E-state index in [9.17, 15) is 14.7 Å². The van der Waals surface area contributed by atoms with Crippen molar-refractivity contribution in [1.82, 2.24) is 10.6 Å². The molecule has 0 heterocycles. The highest BCUT2D eigenvalue weighted by Gasteiger charge is 2.31. The maximum Gasteiger partial charge on any atom is 0.239 e. The van der Waals surface area contributed by atoms with Gasteiger partial charge in [0, 0.05) is 6.04 Å². The number of rotatable bonds is 5. The Labute approximate surface area is 126 Å². The van der Waals surface area contributed by atoms with Crippen molar-refractivity contribution in [3.8, 4) is 0 Å². The zero-order valence-electron chi connectivity index (χ0n) is 12.8. The Hall–Kier alpha value is -1.10. The van der Waals surface area contributed by atoms with Crippen molar-refractivity contribution in [2.75, 3.05) is 6.54 Å². The highest BCUT2D eigenvalue weighted by Crippen LogP contribution is 2.30. The molecule has 0 spiro atoms. The maximum atomic E-state index is 11.9. The van der Waals surface area contributed by atoms with Gasteiger partial charge in [-0.1, -0.05) is 38.5 Å². The van der Waals surface area contributed by atoms with Crippen LogP contribution in [-0.4, -0.2) is 35.1 Å². The summed E-state index contributed by atoms with van der Waals surface area (Å²) in [5.41, 5.74) is -0.859. The summed E-state index contributed by atoms with van der Waals surface area (Å²) in [6.45, 7) is 0.0193. The lowest BCUT2D eigenvalue weighted by Crippen LogP contribution is -2.44. The molecule has 2 rings (SSSR count). The van der Waals surface area contributed by atoms with Crippen molar-refractivity contribution in [3.05, 3.63) is 0 Å². The lowest BCUT2D eigenvalue weighted by Gasteiger charge is -2.31. The molecule has 0 aliphatic heterocycles. The van der Waals surface area contributed by atoms with Crippen LogP contribution in [0.3, 0.4) is 0 Å². The number of amides is 2. The van der Waals surface area contributed by atoms with E-state index in [1.165, 1.54) is 19.3 Å². The van der Waals surface area contributed by atoms with Crippen LogP contribution in [0.15, 0.2) is 0 Å². The number of hydrogen-bond donors (Lipinski definition) is 3. The Bertz CT molecular complexity index is 359. The molecule has 0 bridgehead atoms. The van der Waals surface area contributed by atoms with Gasteiger partial charge in [-0.3, -0.25) is 9.59 Å². The fourth-order valence-corrected chi connectivity index (χ4v) is 3.45. The fraction of sp³-hybridized carbons (Fsp3) is 0.875. The van der Waals surface area contributed by atoms with Crippen LogP contribution in [-0.2, 0) is 9.59 Å². The van der Waals surface area contributed by atoms with Crippen molar-refractivity contribution < 1.29 is 14.7 Å². The van der Waals surface area contributed by atoms with Gasteiger partial charge in [0.1, 0.15) is 0 Å². The SMILES string of the molecule is O=C(CC1(O)CCCCC1)NCC(=O)NC1CCCCC1. The summed E-state index contributed by atoms with van der Waals surface area (Å²) in [6.07, 6.45) is 10.3. The van der Waals surface area contributed by atoms with E-state index in [0.717, 1.165) is 32.1 Å². The monoisotopic (exact) mass is 296 g/mol. The molecule has 120 valence electrons. The minimum absolute atomic E-state index is 0.0193. The van der Waals surface area contributed by atoms with Gasteiger partial charge in [0.2, 0.25) is 11.8 Å². The number of hydrogen-bond acceptors (Lipinski definition) is 3. The van der Waals surface area contributed by atoms with Gasteiger partial charge in [0.15, 0.2) is 0 Å². The summed E-state index contributed by atoms with van der Waals surface area (Å²) in [4.78, 5) is 23.7. The third-order valence-electron chi connectivity index (χ3n) is 4.69. The van der Waals surface area contributed by atoms with Crippen molar-refractivity contribution in [2.45, 2.75) is 82.3 Å². The van der Waals surface area contributed by atoms with E-state index in [1.54, 1.807) is 0 Å². The van der Waals surface area contributed by atoms with Crippen molar-refractivity contribution in [1.29, 1.82) is 0 Å². The molecule has 0 aromatic carbocycles. The zero-order chi connectivity index (χ0) is 15.1. The molecule has 0 aromatic heterocycles. The molecule has 2 fully saturated rings. The van der Waals surface area contributed by atoms with E-state index < -0.39 is 5.60 Å². The largest absolute Gasteiger partial charge is 0.389 e. The van der Waals surface area contributed by atoms with E-state index in [4.69, 9.17) is 0 Å². The van der Waals surface area contributed by atoms with Gasteiger partial charge in [-0.15, -0.1) is 0 Å². The molecule has 5 nitrogen and oxygen atoms in total. The first kappa shape index (κ1) is 16.3. The van der Waals surface area contributed by atoms with Gasteiger partial charge in [0.05, 0.1) is 18.6 Å². The number of carbonyl (C=O) groups is 2. The molecule has 2 aliphatic rings. The third-order valence-corrected chi connectivity index (χ3v) is 4.69. The van der Waals surface area contributed by atoms with E-state index in [1.807, 2.05) is 0 Å². The van der Waals surface area contributed by atoms with Crippen LogP contribution in [0, 0.1) is 0 Å². The molecular weight excluding hydrogens is 268 g/mol. The average molecular weight is 296 g/mol. The Morgan fingerprint density at radius 1 is 0.952 bits per heavy atom. The second kappa shape index (κ2) is 7.78. The smallest absolute Gasteiger partial charge is 0.239 e. The molecule has 0 radical (unpaired) electrons. The second-order valence-corrected chi connectivity index (χ2v) is 6.64. The Morgan fingerprint density at radius 3 is 2.24 bits per heavy atom. The molecule has 2 saturated carbocycles. The second-order valence-electron chi connectivity index (χ2n) is 6.64. The fourth-order valence-electron chi connectivity index (χ4n) is 3.45. The summed E-state index contributed by atoms with van der Waals surface area (Å²) in [7, 11) is 0. The average Bonchev–Trinajstić information content (AvgIpc) is 2.46. The minimum Gasteiger partial charge on any atom is -0.389 e. The van der Waals surface area contributed by atoms with E-state index in [-0.39, 0.29) is 30.8 Å². The number of aliphatic hydroxyl groups is 1. The first-order valence-electron chi connectivity index (χ1n) is 8.36. The lowest BCUT2D eigenvalue weighted by molar-refractivity contribution is -0.130. The van der Waals surface area contributed by atoms with E-state index in [0.29, 0.717) is 12.8 Å². The van der Waals surface area contributed by atoms with Gasteiger partial charge in [-0.05, 0) is 25.7 Å². The lowest BCUT2D eigenvalue weighted by atomic mass is 9.82. The van der Waals surface area contributed by atoms with E-state index >= 15 is 0 Å². The molecule has 0 saturated heterocycles. The summed E-state index contributed by atoms with van der Waals surface area (Å²) >= 11 is 0. The first-order chi connectivity index (χ1) is 10.1. The summed E-state index contributed by atoms with van der Waals surface area (Å²) < 4.78 is 0. The molecule has 0 atom stereocenters. The first-order valence-corrected chi connectivity index (χ1v) is 8.36. The van der Waals surface area contributed by atoms with Crippen LogP contribution in [0.5, 0.6) is 0 Å². The van der Waals surface area contributed by atoms with Crippen LogP contribution in [0.2, 0.25) is 0 Å². The molecule has 2 aliphatic carbocycles. The number of carbonyl (C=O) groups excluding carboxylic acids is 2. The Balaban J connectivity index is 1.64. The van der Waals surface area contributed by atoms with Crippen LogP contribution in [0.1, 0.15) is 70.6 Å². The molecule has 2 amide bonds. The van der Waals surface area contributed by atoms with Gasteiger partial charge in [-0.25, -0.2) is 0 Å². The van der Waals surface area contributed by atoms with Crippen LogP contribution in [0.25, 0.3) is 0 Å². The molecule has 21 heavy (non-hydrogen) atoms. The Morgan fingerprint density at radius 2 is 1.57 bits per heavy atom. The highest BCUT2D eigenvalue weighted by atomic mass is 16.3. The third kappa shape index (κ3) is 5.65. The van der Waals surface area contributed by atoms with Crippen molar-refractivity contribution >= 4 is 11.8 Å². The van der Waals surface area contributed by atoms with Gasteiger partial charge in [-0.2, -0.15) is 0 Å². The van der Waals surface area contributed by atoms with Crippen LogP contribution >= 0.6 is 0 Å². The summed E-state index contributed by atoms with van der Waals surface area (Å²) in [5, 5.41) is 15.9. The highest BCUT2D eigenvalue weighted by molar-refractivity contribution is 5.85. The van der Waals surface area contributed by atoms with Gasteiger partial charge >= 0.3 is 0 Å². The molecular formula is C16H28N2O3. The minimum atomic E-state index is -0.859. The summed E-state index contributed by atoms with van der Waals surface area (Å²) in [5.74, 6) is -0.343. The maximum absolute atomic E-state index is 11.9. The molecule has 0 unspecified atom stereocenters. The Kier molecular flexibility index (Phi) is 6.03. The van der Waals surface area contributed by atoms with Crippen LogP contribution in [0.4, 0.5) is 0 Å². The van der Waals surface area contributed by atoms with Crippen molar-refractivity contribution in [3.63, 3.8) is 0 Å². The van der Waals surface area contributed by atoms with E-state index in [2.05, 4.69) is 10.6 Å². The predicted octanol–water partition coefficient (Wildman–Crippen LogP) is 1.64. The zero-order valence-corrected chi connectivity index (χ0v) is 12.8. The molecule has 3 N–H and O–H groups in total. The molecule has 0 aromatic rings. The quantitative estimate of drug-likeness (QED) is 0.721. The molecule has 5 heteroatoms. The normalized spacial score (nSPS) is 22.5. The van der Waals surface area contributed by atoms with Gasteiger partial charge in [0.25, 0.3) is 0 Å². The predicted molar refractivity (Wildman–Crippen MR) is 80.7 cm³/mol. The summed E-state index contributed by atoms with van der Waals surface area (Å²) in [6, 6.07) is 0.269. The van der Waals surface area contributed by atoms with Gasteiger partial charge < -0.3 is 15.7 Å². The standard InChI is InChI=1S/C16H28N2O3/c19-14(11-16(21)9-5-2-6-10-16)17-12-15(20)18-13-7-3-1-4-8-13/h13,21H,1-12H2,(H,17,19)(H,18,20). The van der Waals surface area contributed by atoms with Crippen LogP contribution < -0.4 is 10.6 Å². The number of nitrogens with one attached hydrogen (secondary N) is 2. The topological polar surface area (TPSA) is 78.4 Å². The van der Waals surface area contributed by atoms with Crippen molar-refractivity contribution in [2.24, 2.45) is 0 Å².